The summed E-state index contributed by atoms with van der Waals surface area (Å²) in [5.74, 6) is 0. The lowest BCUT2D eigenvalue weighted by atomic mass is 9.81. The first kappa shape index (κ1) is 17.0. The highest BCUT2D eigenvalue weighted by atomic mass is 32.1. The SMILES string of the molecule is CC(C)(C)OC(=O)N1CCc2cc(C=O)sc2C1C(C)(C)C. The molecule has 1 amide bonds. The summed E-state index contributed by atoms with van der Waals surface area (Å²) in [5, 5.41) is 0. The van der Waals surface area contributed by atoms with Crippen LogP contribution in [-0.4, -0.2) is 29.4 Å². The average Bonchev–Trinajstić information content (AvgIpc) is 2.76. The molecule has 1 aromatic rings. The van der Waals surface area contributed by atoms with Gasteiger partial charge >= 0.3 is 6.09 Å². The molecule has 0 saturated heterocycles. The summed E-state index contributed by atoms with van der Waals surface area (Å²) >= 11 is 1.49. The van der Waals surface area contributed by atoms with Crippen LogP contribution in [0.1, 0.15) is 67.7 Å². The van der Waals surface area contributed by atoms with E-state index in [9.17, 15) is 9.59 Å². The van der Waals surface area contributed by atoms with Crippen LogP contribution in [0.4, 0.5) is 4.79 Å². The molecule has 1 aliphatic rings. The molecule has 2 heterocycles. The summed E-state index contributed by atoms with van der Waals surface area (Å²) in [6.45, 7) is 12.6. The standard InChI is InChI=1S/C17H25NO3S/c1-16(2,3)14-13-11(9-12(10-19)22-13)7-8-18(14)15(20)21-17(4,5)6/h9-10,14H,7-8H2,1-6H3. The normalized spacial score (nSPS) is 18.8. The zero-order chi connectivity index (χ0) is 16.7. The van der Waals surface area contributed by atoms with E-state index in [1.807, 2.05) is 31.7 Å². The number of thiophene rings is 1. The Balaban J connectivity index is 2.39. The fourth-order valence-electron chi connectivity index (χ4n) is 2.84. The number of hydrogen-bond acceptors (Lipinski definition) is 4. The van der Waals surface area contributed by atoms with E-state index < -0.39 is 5.60 Å². The first-order valence-electron chi connectivity index (χ1n) is 7.60. The molecule has 0 spiro atoms. The van der Waals surface area contributed by atoms with E-state index in [1.54, 1.807) is 0 Å². The summed E-state index contributed by atoms with van der Waals surface area (Å²) in [6.07, 6.45) is 1.38. The fourth-order valence-corrected chi connectivity index (χ4v) is 4.23. The highest BCUT2D eigenvalue weighted by molar-refractivity contribution is 7.13. The largest absolute Gasteiger partial charge is 0.444 e. The Kier molecular flexibility index (Phi) is 4.39. The van der Waals surface area contributed by atoms with Gasteiger partial charge in [0.15, 0.2) is 6.29 Å². The minimum Gasteiger partial charge on any atom is -0.444 e. The average molecular weight is 323 g/mol. The van der Waals surface area contributed by atoms with Crippen molar-refractivity contribution >= 4 is 23.7 Å². The summed E-state index contributed by atoms with van der Waals surface area (Å²) in [4.78, 5) is 27.3. The molecule has 0 aliphatic carbocycles. The van der Waals surface area contributed by atoms with Crippen LogP contribution in [0.25, 0.3) is 0 Å². The molecule has 22 heavy (non-hydrogen) atoms. The quantitative estimate of drug-likeness (QED) is 0.718. The van der Waals surface area contributed by atoms with Crippen molar-refractivity contribution in [3.63, 3.8) is 0 Å². The highest BCUT2D eigenvalue weighted by Gasteiger charge is 2.41. The van der Waals surface area contributed by atoms with Crippen molar-refractivity contribution in [3.05, 3.63) is 21.4 Å². The number of hydrogen-bond donors (Lipinski definition) is 0. The van der Waals surface area contributed by atoms with Crippen molar-refractivity contribution in [2.45, 2.75) is 59.6 Å². The monoisotopic (exact) mass is 323 g/mol. The maximum atomic E-state index is 12.6. The Morgan fingerprint density at radius 1 is 1.32 bits per heavy atom. The Morgan fingerprint density at radius 2 is 1.95 bits per heavy atom. The minimum atomic E-state index is -0.511. The van der Waals surface area contributed by atoms with Crippen LogP contribution in [0.3, 0.4) is 0 Å². The van der Waals surface area contributed by atoms with Gasteiger partial charge in [0.2, 0.25) is 0 Å². The van der Waals surface area contributed by atoms with E-state index in [2.05, 4.69) is 20.8 Å². The Bertz CT molecular complexity index is 578. The second-order valence-corrected chi connectivity index (χ2v) is 8.96. The number of aldehydes is 1. The summed E-state index contributed by atoms with van der Waals surface area (Å²) in [7, 11) is 0. The van der Waals surface area contributed by atoms with Crippen molar-refractivity contribution in [1.29, 1.82) is 0 Å². The van der Waals surface area contributed by atoms with Crippen LogP contribution in [0.5, 0.6) is 0 Å². The van der Waals surface area contributed by atoms with Gasteiger partial charge in [0.05, 0.1) is 10.9 Å². The van der Waals surface area contributed by atoms with E-state index >= 15 is 0 Å². The third kappa shape index (κ3) is 3.51. The predicted molar refractivity (Wildman–Crippen MR) is 88.5 cm³/mol. The van der Waals surface area contributed by atoms with E-state index in [0.29, 0.717) is 6.54 Å². The van der Waals surface area contributed by atoms with Crippen LogP contribution >= 0.6 is 11.3 Å². The van der Waals surface area contributed by atoms with Crippen molar-refractivity contribution in [2.24, 2.45) is 5.41 Å². The number of ether oxygens (including phenoxy) is 1. The Hall–Kier alpha value is -1.36. The van der Waals surface area contributed by atoms with E-state index in [-0.39, 0.29) is 17.6 Å². The van der Waals surface area contributed by atoms with Crippen molar-refractivity contribution < 1.29 is 14.3 Å². The molecule has 1 aliphatic heterocycles. The molecular formula is C17H25NO3S. The molecule has 1 aromatic heterocycles. The molecule has 0 N–H and O–H groups in total. The summed E-state index contributed by atoms with van der Waals surface area (Å²) < 4.78 is 5.57. The van der Waals surface area contributed by atoms with Crippen molar-refractivity contribution in [2.75, 3.05) is 6.54 Å². The lowest BCUT2D eigenvalue weighted by Gasteiger charge is -2.43. The molecule has 2 rings (SSSR count). The van der Waals surface area contributed by atoms with Crippen LogP contribution in [-0.2, 0) is 11.2 Å². The maximum Gasteiger partial charge on any atom is 0.410 e. The van der Waals surface area contributed by atoms with Crippen LogP contribution in [0.2, 0.25) is 0 Å². The third-order valence-electron chi connectivity index (χ3n) is 3.61. The number of fused-ring (bicyclic) bond motifs is 1. The number of rotatable bonds is 1. The number of amides is 1. The smallest absolute Gasteiger partial charge is 0.410 e. The fraction of sp³-hybridized carbons (Fsp3) is 0.647. The van der Waals surface area contributed by atoms with Gasteiger partial charge in [-0.15, -0.1) is 11.3 Å². The van der Waals surface area contributed by atoms with Gasteiger partial charge in [0, 0.05) is 11.4 Å². The summed E-state index contributed by atoms with van der Waals surface area (Å²) in [5.41, 5.74) is 0.548. The molecule has 0 fully saturated rings. The lowest BCUT2D eigenvalue weighted by molar-refractivity contribution is -0.000146. The summed E-state index contributed by atoms with van der Waals surface area (Å²) in [6, 6.07) is 1.89. The van der Waals surface area contributed by atoms with Gasteiger partial charge in [-0.05, 0) is 44.2 Å². The third-order valence-corrected chi connectivity index (χ3v) is 4.76. The van der Waals surface area contributed by atoms with Gasteiger partial charge in [-0.2, -0.15) is 0 Å². The molecule has 0 radical (unpaired) electrons. The predicted octanol–water partition coefficient (Wildman–Crippen LogP) is 4.44. The molecule has 0 saturated carbocycles. The number of carbonyl (C=O) groups excluding carboxylic acids is 2. The zero-order valence-corrected chi connectivity index (χ0v) is 15.0. The molecule has 1 atom stereocenters. The number of carbonyl (C=O) groups is 2. The molecule has 1 unspecified atom stereocenters. The van der Waals surface area contributed by atoms with Crippen LogP contribution < -0.4 is 0 Å². The minimum absolute atomic E-state index is 0.0650. The van der Waals surface area contributed by atoms with E-state index in [0.717, 1.165) is 22.5 Å². The highest BCUT2D eigenvalue weighted by Crippen LogP contribution is 2.46. The van der Waals surface area contributed by atoms with Crippen molar-refractivity contribution in [3.8, 4) is 0 Å². The molecule has 5 heteroatoms. The van der Waals surface area contributed by atoms with Gasteiger partial charge in [-0.3, -0.25) is 9.69 Å². The maximum absolute atomic E-state index is 12.6. The lowest BCUT2D eigenvalue weighted by Crippen LogP contribution is -2.46. The van der Waals surface area contributed by atoms with E-state index in [4.69, 9.17) is 4.74 Å². The molecular weight excluding hydrogens is 298 g/mol. The van der Waals surface area contributed by atoms with Gasteiger partial charge < -0.3 is 4.74 Å². The van der Waals surface area contributed by atoms with Gasteiger partial charge in [0.25, 0.3) is 0 Å². The first-order chi connectivity index (χ1) is 10.0. The van der Waals surface area contributed by atoms with Gasteiger partial charge in [-0.25, -0.2) is 4.79 Å². The van der Waals surface area contributed by atoms with Crippen molar-refractivity contribution in [1.82, 2.24) is 4.90 Å². The molecule has 0 bridgehead atoms. The molecule has 4 nitrogen and oxygen atoms in total. The first-order valence-corrected chi connectivity index (χ1v) is 8.42. The second-order valence-electron chi connectivity index (χ2n) is 7.85. The molecule has 122 valence electrons. The molecule has 0 aromatic carbocycles. The van der Waals surface area contributed by atoms with Gasteiger partial charge in [-0.1, -0.05) is 20.8 Å². The zero-order valence-electron chi connectivity index (χ0n) is 14.2. The van der Waals surface area contributed by atoms with Gasteiger partial charge in [0.1, 0.15) is 5.60 Å². The Morgan fingerprint density at radius 3 is 2.45 bits per heavy atom. The van der Waals surface area contributed by atoms with Crippen LogP contribution in [0, 0.1) is 5.41 Å². The topological polar surface area (TPSA) is 46.6 Å². The Labute approximate surface area is 136 Å². The van der Waals surface area contributed by atoms with Crippen LogP contribution in [0.15, 0.2) is 6.07 Å². The number of nitrogens with zero attached hydrogens (tertiary/aromatic N) is 1. The van der Waals surface area contributed by atoms with E-state index in [1.165, 1.54) is 16.9 Å². The second kappa shape index (κ2) is 5.69.